The normalized spacial score (nSPS) is 13.5. The highest BCUT2D eigenvalue weighted by Crippen LogP contribution is 2.17. The number of quaternary nitrogens is 1. The van der Waals surface area contributed by atoms with Crippen LogP contribution in [0.4, 0.5) is 0 Å². The molecule has 0 heterocycles. The molecule has 9 heteroatoms. The highest BCUT2D eigenvalue weighted by Gasteiger charge is 2.25. The van der Waals surface area contributed by atoms with E-state index in [0.717, 1.165) is 116 Å². The Morgan fingerprint density at radius 1 is 0.341 bits per heavy atom. The van der Waals surface area contributed by atoms with Crippen LogP contribution in [0.15, 0.2) is 146 Å². The van der Waals surface area contributed by atoms with Crippen LogP contribution in [0.5, 0.6) is 0 Å². The summed E-state index contributed by atoms with van der Waals surface area (Å²) in [6.45, 7) is 4.73. The Morgan fingerprint density at radius 3 is 0.934 bits per heavy atom. The molecule has 0 amide bonds. The molecule has 0 aliphatic rings. The lowest BCUT2D eigenvalue weighted by molar-refractivity contribution is -0.870. The Balaban J connectivity index is 4.19. The summed E-state index contributed by atoms with van der Waals surface area (Å²) >= 11 is 0. The van der Waals surface area contributed by atoms with Crippen molar-refractivity contribution < 1.29 is 42.9 Å². The van der Waals surface area contributed by atoms with Gasteiger partial charge >= 0.3 is 17.9 Å². The minimum absolute atomic E-state index is 0.176. The lowest BCUT2D eigenvalue weighted by atomic mass is 10.0. The number of nitrogens with zero attached hydrogens (tertiary/aromatic N) is 1. The van der Waals surface area contributed by atoms with E-state index in [1.165, 1.54) is 148 Å². The summed E-state index contributed by atoms with van der Waals surface area (Å²) in [4.78, 5) is 37.7. The molecule has 0 rings (SSSR count). The Kier molecular flexibility index (Phi) is 67.3. The third kappa shape index (κ3) is 72.5. The molecule has 0 saturated heterocycles. The van der Waals surface area contributed by atoms with Crippen LogP contribution < -0.4 is 0 Å². The number of hydrogen-bond donors (Lipinski definition) is 1. The van der Waals surface area contributed by atoms with Crippen molar-refractivity contribution in [3.8, 4) is 0 Å². The molecule has 0 aliphatic heterocycles. The largest absolute Gasteiger partial charge is 0.477 e. The number of carboxylic acids is 1. The van der Waals surface area contributed by atoms with E-state index in [1.54, 1.807) is 0 Å². The summed E-state index contributed by atoms with van der Waals surface area (Å²) in [5.74, 6) is -2.04. The number of esters is 2. The van der Waals surface area contributed by atoms with Crippen molar-refractivity contribution in [2.24, 2.45) is 0 Å². The molecule has 9 nitrogen and oxygen atoms in total. The molecule has 0 saturated carbocycles. The van der Waals surface area contributed by atoms with Gasteiger partial charge in [-0.25, -0.2) is 4.79 Å². The van der Waals surface area contributed by atoms with Crippen LogP contribution in [0.2, 0.25) is 0 Å². The van der Waals surface area contributed by atoms with Crippen molar-refractivity contribution in [1.82, 2.24) is 0 Å². The summed E-state index contributed by atoms with van der Waals surface area (Å²) in [5.41, 5.74) is 0. The van der Waals surface area contributed by atoms with Gasteiger partial charge in [-0.1, -0.05) is 307 Å². The second-order valence-electron chi connectivity index (χ2n) is 25.5. The highest BCUT2D eigenvalue weighted by atomic mass is 16.7. The molecule has 0 spiro atoms. The molecule has 0 aromatic heterocycles. The average molecular weight is 1270 g/mol. The topological polar surface area (TPSA) is 108 Å². The molecule has 0 aromatic carbocycles. The zero-order chi connectivity index (χ0) is 66.1. The number of aliphatic carboxylic acids is 1. The summed E-state index contributed by atoms with van der Waals surface area (Å²) in [7, 11) is 5.96. The third-order valence-corrected chi connectivity index (χ3v) is 15.6. The minimum atomic E-state index is -1.53. The number of hydrogen-bond acceptors (Lipinski definition) is 7. The first kappa shape index (κ1) is 86.2. The molecule has 1 N–H and O–H groups in total. The van der Waals surface area contributed by atoms with Crippen LogP contribution >= 0.6 is 0 Å². The van der Waals surface area contributed by atoms with Crippen molar-refractivity contribution in [2.45, 2.75) is 309 Å². The van der Waals surface area contributed by atoms with Crippen LogP contribution in [-0.2, 0) is 33.3 Å². The maximum absolute atomic E-state index is 13.0. The second kappa shape index (κ2) is 71.0. The smallest absolute Gasteiger partial charge is 0.361 e. The fourth-order valence-corrected chi connectivity index (χ4v) is 9.96. The Morgan fingerprint density at radius 2 is 0.626 bits per heavy atom. The van der Waals surface area contributed by atoms with Gasteiger partial charge in [0.2, 0.25) is 0 Å². The van der Waals surface area contributed by atoms with Gasteiger partial charge in [-0.05, 0) is 122 Å². The predicted octanol–water partition coefficient (Wildman–Crippen LogP) is 23.5. The summed E-state index contributed by atoms with van der Waals surface area (Å²) in [5, 5.41) is 9.76. The first-order chi connectivity index (χ1) is 44.6. The van der Waals surface area contributed by atoms with Gasteiger partial charge in [0, 0.05) is 12.8 Å². The van der Waals surface area contributed by atoms with Crippen molar-refractivity contribution in [1.29, 1.82) is 0 Å². The van der Waals surface area contributed by atoms with Crippen LogP contribution in [0.3, 0.4) is 0 Å². The lowest BCUT2D eigenvalue weighted by Crippen LogP contribution is -2.40. The van der Waals surface area contributed by atoms with Gasteiger partial charge in [-0.3, -0.25) is 9.59 Å². The number of likely N-dealkylation sites (N-methyl/N-ethyl adjacent to an activating group) is 1. The standard InChI is InChI=1S/C82H137NO8/c1-6-8-10-12-14-16-18-20-22-24-26-28-30-32-34-36-38-39-40-41-43-45-47-49-51-53-55-57-59-61-63-65-67-69-71-73-80(85)91-78(77-90-82(81(86)87)88-75-74-83(3,4)5)76-89-79(84)72-70-68-66-64-62-60-58-56-54-52-50-48-46-44-42-37-35-33-31-29-27-25-23-21-19-17-15-13-11-9-7-2/h8,10,14,16,19-22,25-28,32,34,38-39,41,43,47,49,53,55,59,61,78,82H,6-7,9,11-13,15,17-18,23-24,29-31,33,35-37,40,42,44-46,48,50-52,54,56-58,60,62-77H2,1-5H3/p+1/b10-8-,16-14-,21-19-,22-20-,27-25-,28-26-,34-32-,39-38-,43-41-,49-47-,55-53-,61-59-. The van der Waals surface area contributed by atoms with Crippen molar-refractivity contribution in [2.75, 3.05) is 47.5 Å². The van der Waals surface area contributed by atoms with Gasteiger partial charge in [0.25, 0.3) is 6.29 Å². The monoisotopic (exact) mass is 1270 g/mol. The lowest BCUT2D eigenvalue weighted by Gasteiger charge is -2.25. The molecule has 0 fully saturated rings. The van der Waals surface area contributed by atoms with E-state index in [-0.39, 0.29) is 32.2 Å². The Bertz CT molecular complexity index is 2010. The Hall–Kier alpha value is -4.83. The highest BCUT2D eigenvalue weighted by molar-refractivity contribution is 5.71. The van der Waals surface area contributed by atoms with Crippen LogP contribution in [-0.4, -0.2) is 87.4 Å². The molecule has 91 heavy (non-hydrogen) atoms. The van der Waals surface area contributed by atoms with E-state index < -0.39 is 24.3 Å². The molecule has 2 atom stereocenters. The van der Waals surface area contributed by atoms with Gasteiger partial charge in [-0.15, -0.1) is 0 Å². The number of carbonyl (C=O) groups excluding carboxylic acids is 2. The van der Waals surface area contributed by atoms with Crippen molar-refractivity contribution >= 4 is 17.9 Å². The van der Waals surface area contributed by atoms with Gasteiger partial charge < -0.3 is 28.5 Å². The van der Waals surface area contributed by atoms with E-state index in [9.17, 15) is 19.5 Å². The quantitative estimate of drug-likeness (QED) is 0.0211. The van der Waals surface area contributed by atoms with E-state index in [0.29, 0.717) is 23.9 Å². The van der Waals surface area contributed by atoms with E-state index >= 15 is 0 Å². The van der Waals surface area contributed by atoms with Gasteiger partial charge in [0.05, 0.1) is 34.4 Å². The zero-order valence-corrected chi connectivity index (χ0v) is 59.2. The van der Waals surface area contributed by atoms with E-state index in [2.05, 4.69) is 160 Å². The Labute approximate surface area is 560 Å². The fourth-order valence-electron chi connectivity index (χ4n) is 9.96. The van der Waals surface area contributed by atoms with Gasteiger partial charge in [-0.2, -0.15) is 0 Å². The summed E-state index contributed by atoms with van der Waals surface area (Å²) in [6, 6.07) is 0. The molecule has 0 bridgehead atoms. The van der Waals surface area contributed by atoms with Crippen LogP contribution in [0.1, 0.15) is 296 Å². The zero-order valence-electron chi connectivity index (χ0n) is 59.2. The number of rotatable bonds is 67. The minimum Gasteiger partial charge on any atom is -0.477 e. The van der Waals surface area contributed by atoms with Gasteiger partial charge in [0.15, 0.2) is 6.10 Å². The molecular weight excluding hydrogens is 1130 g/mol. The number of carbonyl (C=O) groups is 3. The fraction of sp³-hybridized carbons (Fsp3) is 0.671. The van der Waals surface area contributed by atoms with E-state index in [4.69, 9.17) is 18.9 Å². The first-order valence-corrected chi connectivity index (χ1v) is 37.0. The van der Waals surface area contributed by atoms with Crippen LogP contribution in [0, 0.1) is 0 Å². The van der Waals surface area contributed by atoms with Gasteiger partial charge in [0.1, 0.15) is 13.2 Å². The average Bonchev–Trinajstić information content (AvgIpc) is 3.46. The van der Waals surface area contributed by atoms with Crippen molar-refractivity contribution in [3.63, 3.8) is 0 Å². The SMILES string of the molecule is CC/C=C\C/C=C\C/C=C\C/C=C\C/C=C\C/C=C\C/C=C\C/C=C\C/C=C\C/C=C\CCCCCCC(=O)OC(COC(=O)CCCCCCCCCCCCCCCCCCCCC/C=C\C/C=C\CCCCCCC)COC(OCC[N+](C)(C)C)C(=O)O. The number of unbranched alkanes of at least 4 members (excludes halogenated alkanes) is 28. The molecule has 0 radical (unpaired) electrons. The number of carboxylic acid groups (broad SMARTS) is 1. The van der Waals surface area contributed by atoms with Crippen molar-refractivity contribution in [3.05, 3.63) is 146 Å². The predicted molar refractivity (Wildman–Crippen MR) is 391 cm³/mol. The molecule has 518 valence electrons. The maximum Gasteiger partial charge on any atom is 0.361 e. The summed E-state index contributed by atoms with van der Waals surface area (Å²) < 4.78 is 23.0. The molecule has 2 unspecified atom stereocenters. The maximum atomic E-state index is 13.0. The summed E-state index contributed by atoms with van der Waals surface area (Å²) in [6.07, 6.45) is 101. The van der Waals surface area contributed by atoms with E-state index in [1.807, 2.05) is 21.1 Å². The molecular formula is C82H138NO8+. The first-order valence-electron chi connectivity index (χ1n) is 37.0. The second-order valence-corrected chi connectivity index (χ2v) is 25.5. The third-order valence-electron chi connectivity index (χ3n) is 15.6. The number of allylic oxidation sites excluding steroid dienone is 24. The number of ether oxygens (including phenoxy) is 4. The molecule has 0 aromatic rings. The molecule has 0 aliphatic carbocycles. The van der Waals surface area contributed by atoms with Crippen LogP contribution in [0.25, 0.3) is 0 Å².